The number of anilines is 1. The Hall–Kier alpha value is -1.54. The van der Waals surface area contributed by atoms with Gasteiger partial charge in [-0.3, -0.25) is 10.1 Å². The van der Waals surface area contributed by atoms with Gasteiger partial charge in [-0.15, -0.1) is 12.4 Å². The number of nitrogens with one attached hydrogen (secondary N) is 2. The monoisotopic (exact) mass is 342 g/mol. The van der Waals surface area contributed by atoms with Crippen LogP contribution < -0.4 is 15.4 Å². The number of hydrogen-bond donors (Lipinski definition) is 2. The zero-order valence-corrected chi connectivity index (χ0v) is 12.4. The van der Waals surface area contributed by atoms with Crippen LogP contribution in [0.25, 0.3) is 0 Å². The molecule has 4 nitrogen and oxygen atoms in total. The lowest BCUT2D eigenvalue weighted by Crippen LogP contribution is -2.35. The summed E-state index contributed by atoms with van der Waals surface area (Å²) in [4.78, 5) is 11.8. The van der Waals surface area contributed by atoms with Gasteiger partial charge < -0.3 is 10.1 Å². The van der Waals surface area contributed by atoms with Gasteiger partial charge >= 0.3 is 6.61 Å². The molecule has 124 valence electrons. The minimum Gasteiger partial charge on any atom is -0.434 e. The summed E-state index contributed by atoms with van der Waals surface area (Å²) in [5.41, 5.74) is 0.678. The number of rotatable bonds is 4. The molecular formula is C13H15ClF4N2O2. The van der Waals surface area contributed by atoms with Crippen molar-refractivity contribution in [2.45, 2.75) is 31.9 Å². The number of carbonyl (C=O) groups excluding carboxylic acids is 1. The van der Waals surface area contributed by atoms with Gasteiger partial charge in [-0.05, 0) is 18.6 Å². The van der Waals surface area contributed by atoms with Crippen molar-refractivity contribution in [1.29, 1.82) is 0 Å². The van der Waals surface area contributed by atoms with Crippen molar-refractivity contribution >= 4 is 24.0 Å². The van der Waals surface area contributed by atoms with E-state index in [-0.39, 0.29) is 23.8 Å². The summed E-state index contributed by atoms with van der Waals surface area (Å²) < 4.78 is 54.8. The van der Waals surface area contributed by atoms with Crippen LogP contribution in [-0.4, -0.2) is 31.0 Å². The minimum atomic E-state index is -2.98. The molecule has 22 heavy (non-hydrogen) atoms. The van der Waals surface area contributed by atoms with Crippen molar-refractivity contribution < 1.29 is 27.1 Å². The molecule has 1 saturated heterocycles. The molecule has 1 fully saturated rings. The minimum absolute atomic E-state index is 0. The van der Waals surface area contributed by atoms with E-state index in [2.05, 4.69) is 15.4 Å². The Morgan fingerprint density at radius 3 is 2.68 bits per heavy atom. The summed E-state index contributed by atoms with van der Waals surface area (Å²) in [6, 6.07) is 3.19. The maximum absolute atomic E-state index is 13.0. The molecule has 1 aliphatic heterocycles. The Morgan fingerprint density at radius 1 is 1.45 bits per heavy atom. The first kappa shape index (κ1) is 18.5. The second-order valence-corrected chi connectivity index (χ2v) is 4.84. The van der Waals surface area contributed by atoms with Gasteiger partial charge in [-0.25, -0.2) is 8.78 Å². The van der Waals surface area contributed by atoms with Gasteiger partial charge in [0.15, 0.2) is 0 Å². The molecule has 2 rings (SSSR count). The van der Waals surface area contributed by atoms with Gasteiger partial charge in [0.05, 0.1) is 12.6 Å². The Balaban J connectivity index is 0.00000242. The maximum atomic E-state index is 13.0. The van der Waals surface area contributed by atoms with E-state index in [4.69, 9.17) is 0 Å². The zero-order valence-electron chi connectivity index (χ0n) is 11.5. The molecule has 1 heterocycles. The predicted octanol–water partition coefficient (Wildman–Crippen LogP) is 2.95. The van der Waals surface area contributed by atoms with Crippen LogP contribution in [0, 0.1) is 6.92 Å². The lowest BCUT2D eigenvalue weighted by molar-refractivity contribution is -0.118. The number of aryl methyl sites for hydroxylation is 1. The molecule has 1 aliphatic rings. The molecular weight excluding hydrogens is 328 g/mol. The average molecular weight is 343 g/mol. The van der Waals surface area contributed by atoms with Gasteiger partial charge in [0, 0.05) is 18.2 Å². The highest BCUT2D eigenvalue weighted by molar-refractivity contribution is 5.95. The molecule has 1 aromatic carbocycles. The number of benzene rings is 1. The zero-order chi connectivity index (χ0) is 15.6. The summed E-state index contributed by atoms with van der Waals surface area (Å²) in [7, 11) is 0. The number of carbonyl (C=O) groups is 1. The Bertz CT molecular complexity index is 543. The van der Waals surface area contributed by atoms with Gasteiger partial charge in [0.2, 0.25) is 5.91 Å². The lowest BCUT2D eigenvalue weighted by Gasteiger charge is -2.13. The standard InChI is InChI=1S/C13H14F4N2O2.ClH/c1-7-2-3-8(4-10(7)21-12(14)15)19-11(20)9-5-13(16,17)6-18-9;/h2-4,9,12,18H,5-6H2,1H3,(H,19,20);1H. The van der Waals surface area contributed by atoms with Crippen LogP contribution in [0.15, 0.2) is 18.2 Å². The van der Waals surface area contributed by atoms with Crippen LogP contribution in [0.3, 0.4) is 0 Å². The van der Waals surface area contributed by atoms with Crippen molar-refractivity contribution in [2.75, 3.05) is 11.9 Å². The van der Waals surface area contributed by atoms with E-state index >= 15 is 0 Å². The fraction of sp³-hybridized carbons (Fsp3) is 0.462. The SMILES string of the molecule is Cc1ccc(NC(=O)C2CC(F)(F)CN2)cc1OC(F)F.Cl. The first-order chi connectivity index (χ1) is 9.77. The van der Waals surface area contributed by atoms with Crippen LogP contribution in [0.2, 0.25) is 0 Å². The highest BCUT2D eigenvalue weighted by Gasteiger charge is 2.42. The first-order valence-electron chi connectivity index (χ1n) is 6.24. The molecule has 1 atom stereocenters. The average Bonchev–Trinajstić information content (AvgIpc) is 2.73. The van der Waals surface area contributed by atoms with Crippen LogP contribution in [0.5, 0.6) is 5.75 Å². The van der Waals surface area contributed by atoms with E-state index in [0.29, 0.717) is 5.56 Å². The van der Waals surface area contributed by atoms with E-state index in [1.807, 2.05) is 0 Å². The first-order valence-corrected chi connectivity index (χ1v) is 6.24. The van der Waals surface area contributed by atoms with Crippen LogP contribution in [0.1, 0.15) is 12.0 Å². The van der Waals surface area contributed by atoms with Gasteiger partial charge in [0.1, 0.15) is 5.75 Å². The van der Waals surface area contributed by atoms with Crippen LogP contribution >= 0.6 is 12.4 Å². The molecule has 1 aromatic rings. The Labute approximate surface area is 130 Å². The molecule has 0 aromatic heterocycles. The number of halogens is 5. The molecule has 9 heteroatoms. The molecule has 0 spiro atoms. The largest absolute Gasteiger partial charge is 0.434 e. The van der Waals surface area contributed by atoms with Crippen molar-refractivity contribution in [3.63, 3.8) is 0 Å². The van der Waals surface area contributed by atoms with Crippen LogP contribution in [-0.2, 0) is 4.79 Å². The van der Waals surface area contributed by atoms with Crippen LogP contribution in [0.4, 0.5) is 23.2 Å². The maximum Gasteiger partial charge on any atom is 0.387 e. The number of ether oxygens (including phenoxy) is 1. The molecule has 1 unspecified atom stereocenters. The highest BCUT2D eigenvalue weighted by atomic mass is 35.5. The number of hydrogen-bond acceptors (Lipinski definition) is 3. The summed E-state index contributed by atoms with van der Waals surface area (Å²) in [6.07, 6.45) is -0.592. The third kappa shape index (κ3) is 4.74. The van der Waals surface area contributed by atoms with Crippen molar-refractivity contribution in [2.24, 2.45) is 0 Å². The summed E-state index contributed by atoms with van der Waals surface area (Å²) in [5.74, 6) is -3.63. The molecule has 2 N–H and O–H groups in total. The third-order valence-electron chi connectivity index (χ3n) is 3.10. The van der Waals surface area contributed by atoms with Gasteiger partial charge in [-0.1, -0.05) is 6.07 Å². The normalized spacial score (nSPS) is 19.6. The fourth-order valence-electron chi connectivity index (χ4n) is 2.03. The quantitative estimate of drug-likeness (QED) is 0.827. The highest BCUT2D eigenvalue weighted by Crippen LogP contribution is 2.27. The molecule has 0 bridgehead atoms. The van der Waals surface area contributed by atoms with Crippen molar-refractivity contribution in [3.8, 4) is 5.75 Å². The Morgan fingerprint density at radius 2 is 2.14 bits per heavy atom. The van der Waals surface area contributed by atoms with Crippen molar-refractivity contribution in [1.82, 2.24) is 5.32 Å². The third-order valence-corrected chi connectivity index (χ3v) is 3.10. The molecule has 0 aliphatic carbocycles. The second-order valence-electron chi connectivity index (χ2n) is 4.84. The second kappa shape index (κ2) is 7.15. The van der Waals surface area contributed by atoms with E-state index < -0.39 is 37.4 Å². The fourth-order valence-corrected chi connectivity index (χ4v) is 2.03. The lowest BCUT2D eigenvalue weighted by atomic mass is 10.1. The van der Waals surface area contributed by atoms with Gasteiger partial charge in [0.25, 0.3) is 5.92 Å². The molecule has 0 saturated carbocycles. The summed E-state index contributed by atoms with van der Waals surface area (Å²) in [6.45, 7) is -1.97. The van der Waals surface area contributed by atoms with E-state index in [1.165, 1.54) is 18.2 Å². The molecule has 1 amide bonds. The summed E-state index contributed by atoms with van der Waals surface area (Å²) >= 11 is 0. The number of amides is 1. The molecule has 0 radical (unpaired) electrons. The smallest absolute Gasteiger partial charge is 0.387 e. The topological polar surface area (TPSA) is 50.4 Å². The van der Waals surface area contributed by atoms with E-state index in [0.717, 1.165) is 0 Å². The van der Waals surface area contributed by atoms with Crippen molar-refractivity contribution in [3.05, 3.63) is 23.8 Å². The van der Waals surface area contributed by atoms with Gasteiger partial charge in [-0.2, -0.15) is 8.78 Å². The van der Waals surface area contributed by atoms with E-state index in [9.17, 15) is 22.4 Å². The summed E-state index contributed by atoms with van der Waals surface area (Å²) in [5, 5.41) is 4.81. The van der Waals surface area contributed by atoms with E-state index in [1.54, 1.807) is 6.92 Å². The Kier molecular flexibility index (Phi) is 6.01. The predicted molar refractivity (Wildman–Crippen MR) is 75.0 cm³/mol. The number of alkyl halides is 4.